The summed E-state index contributed by atoms with van der Waals surface area (Å²) in [6.07, 6.45) is 2.66. The fourth-order valence-corrected chi connectivity index (χ4v) is 4.39. The van der Waals surface area contributed by atoms with E-state index in [0.717, 1.165) is 50.6 Å². The lowest BCUT2D eigenvalue weighted by molar-refractivity contribution is 0.122. The Bertz CT molecular complexity index is 546. The van der Waals surface area contributed by atoms with Crippen LogP contribution in [0.25, 0.3) is 0 Å². The van der Waals surface area contributed by atoms with Crippen LogP contribution >= 0.6 is 35.7 Å². The molecule has 0 bridgehead atoms. The van der Waals surface area contributed by atoms with Crippen molar-refractivity contribution in [3.8, 4) is 0 Å². The maximum Gasteiger partial charge on any atom is 0.191 e. The van der Waals surface area contributed by atoms with E-state index in [4.69, 9.17) is 4.74 Å². The number of hydrogen-bond donors (Lipinski definition) is 2. The van der Waals surface area contributed by atoms with Crippen LogP contribution in [0.3, 0.4) is 0 Å². The van der Waals surface area contributed by atoms with Gasteiger partial charge in [0.05, 0.1) is 13.2 Å². The fraction of sp³-hybridized carbons (Fsp3) is 0.611. The lowest BCUT2D eigenvalue weighted by Gasteiger charge is -2.30. The molecule has 2 heterocycles. The first-order valence-corrected chi connectivity index (χ1v) is 9.88. The molecule has 3 rings (SSSR count). The number of nitrogens with zero attached hydrogens (tertiary/aromatic N) is 2. The molecule has 5 nitrogen and oxygen atoms in total. The van der Waals surface area contributed by atoms with E-state index in [9.17, 15) is 0 Å². The number of aliphatic imine (C=N–C) groups is 1. The van der Waals surface area contributed by atoms with E-state index in [1.807, 2.05) is 7.05 Å². The molecule has 1 aromatic carbocycles. The van der Waals surface area contributed by atoms with Crippen molar-refractivity contribution in [3.63, 3.8) is 0 Å². The van der Waals surface area contributed by atoms with E-state index < -0.39 is 0 Å². The van der Waals surface area contributed by atoms with Crippen LogP contribution in [0.5, 0.6) is 0 Å². The Morgan fingerprint density at radius 2 is 2.08 bits per heavy atom. The maximum atomic E-state index is 5.47. The monoisotopic (exact) mass is 476 g/mol. The second-order valence-electron chi connectivity index (χ2n) is 6.17. The van der Waals surface area contributed by atoms with Gasteiger partial charge in [0.15, 0.2) is 5.96 Å². The van der Waals surface area contributed by atoms with Crippen molar-refractivity contribution in [2.45, 2.75) is 24.6 Å². The SMILES string of the molecule is CN=C(NCc1ccccc1N1CCOCC1)NCC1CCCS1.I. The number of nitrogens with one attached hydrogen (secondary N) is 2. The minimum absolute atomic E-state index is 0. The van der Waals surface area contributed by atoms with Gasteiger partial charge in [-0.15, -0.1) is 24.0 Å². The Kier molecular flexibility index (Phi) is 9.19. The molecule has 1 aromatic rings. The molecule has 2 fully saturated rings. The van der Waals surface area contributed by atoms with Gasteiger partial charge in [-0.25, -0.2) is 0 Å². The number of rotatable bonds is 5. The van der Waals surface area contributed by atoms with Gasteiger partial charge in [0.25, 0.3) is 0 Å². The Morgan fingerprint density at radius 3 is 2.80 bits per heavy atom. The predicted octanol–water partition coefficient (Wildman–Crippen LogP) is 2.70. The topological polar surface area (TPSA) is 48.9 Å². The van der Waals surface area contributed by atoms with Gasteiger partial charge in [-0.1, -0.05) is 18.2 Å². The Morgan fingerprint density at radius 1 is 1.28 bits per heavy atom. The maximum absolute atomic E-state index is 5.47. The van der Waals surface area contributed by atoms with Gasteiger partial charge in [0, 0.05) is 44.2 Å². The molecule has 7 heteroatoms. The molecule has 2 N–H and O–H groups in total. The van der Waals surface area contributed by atoms with Gasteiger partial charge in [0.1, 0.15) is 0 Å². The molecule has 0 radical (unpaired) electrons. The molecule has 0 saturated carbocycles. The quantitative estimate of drug-likeness (QED) is 0.389. The summed E-state index contributed by atoms with van der Waals surface area (Å²) in [5.74, 6) is 2.19. The van der Waals surface area contributed by atoms with Gasteiger partial charge in [-0.3, -0.25) is 4.99 Å². The normalized spacial score (nSPS) is 20.9. The number of guanidine groups is 1. The Labute approximate surface area is 172 Å². The second-order valence-corrected chi connectivity index (χ2v) is 7.58. The van der Waals surface area contributed by atoms with Crippen molar-refractivity contribution in [2.75, 3.05) is 50.5 Å². The van der Waals surface area contributed by atoms with Gasteiger partial charge < -0.3 is 20.3 Å². The van der Waals surface area contributed by atoms with Gasteiger partial charge in [-0.05, 0) is 30.2 Å². The number of hydrogen-bond acceptors (Lipinski definition) is 4. The number of morpholine rings is 1. The zero-order valence-electron chi connectivity index (χ0n) is 14.9. The summed E-state index contributed by atoms with van der Waals surface area (Å²) in [7, 11) is 1.84. The van der Waals surface area contributed by atoms with E-state index in [1.54, 1.807) is 0 Å². The molecule has 2 aliphatic rings. The molecule has 140 valence electrons. The summed E-state index contributed by atoms with van der Waals surface area (Å²) in [6.45, 7) is 5.32. The summed E-state index contributed by atoms with van der Waals surface area (Å²) in [5, 5.41) is 7.65. The van der Waals surface area contributed by atoms with Crippen LogP contribution < -0.4 is 15.5 Å². The van der Waals surface area contributed by atoms with Crippen molar-refractivity contribution in [1.82, 2.24) is 10.6 Å². The molecule has 0 spiro atoms. The van der Waals surface area contributed by atoms with Crippen LogP contribution in [-0.2, 0) is 11.3 Å². The lowest BCUT2D eigenvalue weighted by atomic mass is 10.1. The average molecular weight is 476 g/mol. The third kappa shape index (κ3) is 6.21. The van der Waals surface area contributed by atoms with E-state index in [1.165, 1.54) is 29.8 Å². The lowest BCUT2D eigenvalue weighted by Crippen LogP contribution is -2.40. The zero-order chi connectivity index (χ0) is 16.6. The largest absolute Gasteiger partial charge is 0.378 e. The molecule has 1 unspecified atom stereocenters. The van der Waals surface area contributed by atoms with Crippen molar-refractivity contribution < 1.29 is 4.74 Å². The predicted molar refractivity (Wildman–Crippen MR) is 119 cm³/mol. The third-order valence-corrected chi connectivity index (χ3v) is 5.93. The number of halogens is 1. The van der Waals surface area contributed by atoms with Gasteiger partial charge >= 0.3 is 0 Å². The number of anilines is 1. The summed E-state index contributed by atoms with van der Waals surface area (Å²) < 4.78 is 5.47. The summed E-state index contributed by atoms with van der Waals surface area (Å²) in [6, 6.07) is 8.61. The first-order chi connectivity index (χ1) is 11.9. The first-order valence-electron chi connectivity index (χ1n) is 8.83. The highest BCUT2D eigenvalue weighted by Gasteiger charge is 2.16. The van der Waals surface area contributed by atoms with Crippen LogP contribution in [0.4, 0.5) is 5.69 Å². The zero-order valence-corrected chi connectivity index (χ0v) is 18.0. The third-order valence-electron chi connectivity index (χ3n) is 4.53. The molecule has 0 aromatic heterocycles. The van der Waals surface area contributed by atoms with E-state index in [2.05, 4.69) is 56.6 Å². The van der Waals surface area contributed by atoms with Crippen molar-refractivity contribution >= 4 is 47.4 Å². The Hall–Kier alpha value is -0.670. The van der Waals surface area contributed by atoms with Crippen LogP contribution in [0, 0.1) is 0 Å². The molecule has 25 heavy (non-hydrogen) atoms. The number of benzene rings is 1. The van der Waals surface area contributed by atoms with Crippen LogP contribution in [-0.4, -0.2) is 56.9 Å². The van der Waals surface area contributed by atoms with Crippen LogP contribution in [0.1, 0.15) is 18.4 Å². The molecule has 2 aliphatic heterocycles. The van der Waals surface area contributed by atoms with E-state index in [0.29, 0.717) is 0 Å². The number of thioether (sulfide) groups is 1. The van der Waals surface area contributed by atoms with E-state index >= 15 is 0 Å². The van der Waals surface area contributed by atoms with Crippen molar-refractivity contribution in [1.29, 1.82) is 0 Å². The minimum Gasteiger partial charge on any atom is -0.378 e. The molecule has 2 saturated heterocycles. The molecule has 0 aliphatic carbocycles. The van der Waals surface area contributed by atoms with Crippen LogP contribution in [0.2, 0.25) is 0 Å². The van der Waals surface area contributed by atoms with Crippen molar-refractivity contribution in [2.24, 2.45) is 4.99 Å². The fourth-order valence-electron chi connectivity index (χ4n) is 3.19. The summed E-state index contributed by atoms with van der Waals surface area (Å²) in [4.78, 5) is 6.77. The van der Waals surface area contributed by atoms with Gasteiger partial charge in [-0.2, -0.15) is 11.8 Å². The molecule has 0 amide bonds. The number of para-hydroxylation sites is 1. The van der Waals surface area contributed by atoms with E-state index in [-0.39, 0.29) is 24.0 Å². The molecule has 1 atom stereocenters. The molecular formula is C18H29IN4OS. The highest BCUT2D eigenvalue weighted by molar-refractivity contribution is 14.0. The standard InChI is InChI=1S/C18H28N4OS.HI/c1-19-18(21-14-16-6-4-12-24-16)20-13-15-5-2-3-7-17(15)22-8-10-23-11-9-22;/h2-3,5,7,16H,4,6,8-14H2,1H3,(H2,19,20,21);1H. The summed E-state index contributed by atoms with van der Waals surface area (Å²) >= 11 is 2.07. The smallest absolute Gasteiger partial charge is 0.191 e. The highest BCUT2D eigenvalue weighted by Crippen LogP contribution is 2.25. The summed E-state index contributed by atoms with van der Waals surface area (Å²) in [5.41, 5.74) is 2.60. The van der Waals surface area contributed by atoms with Crippen molar-refractivity contribution in [3.05, 3.63) is 29.8 Å². The Balaban J connectivity index is 0.00000225. The number of ether oxygens (including phenoxy) is 1. The minimum atomic E-state index is 0. The highest BCUT2D eigenvalue weighted by atomic mass is 127. The average Bonchev–Trinajstić information content (AvgIpc) is 3.16. The van der Waals surface area contributed by atoms with Gasteiger partial charge in [0.2, 0.25) is 0 Å². The second kappa shape index (κ2) is 11.1. The molecular weight excluding hydrogens is 447 g/mol. The first kappa shape index (κ1) is 20.6. The van der Waals surface area contributed by atoms with Crippen LogP contribution in [0.15, 0.2) is 29.3 Å².